The quantitative estimate of drug-likeness (QED) is 0.812. The average Bonchev–Trinajstić information content (AvgIpc) is 2.31. The number of nitrogens with two attached hydrogens (primary N) is 2. The number of benzene rings is 2. The van der Waals surface area contributed by atoms with Crippen molar-refractivity contribution in [2.75, 3.05) is 18.1 Å². The first-order valence-corrected chi connectivity index (χ1v) is 6.00. The molecule has 18 heavy (non-hydrogen) atoms. The maximum absolute atomic E-state index is 5.80. The molecule has 0 aliphatic rings. The number of hydrogen-bond donors (Lipinski definition) is 2. The normalized spacial score (nSPS) is 10.3. The third kappa shape index (κ3) is 2.40. The van der Waals surface area contributed by atoms with Crippen LogP contribution in [0.15, 0.2) is 36.4 Å². The van der Waals surface area contributed by atoms with Crippen LogP contribution in [-0.4, -0.2) is 6.61 Å². The van der Waals surface area contributed by atoms with E-state index in [1.54, 1.807) is 0 Å². The molecule has 0 unspecified atom stereocenters. The van der Waals surface area contributed by atoms with E-state index in [1.165, 1.54) is 0 Å². The zero-order chi connectivity index (χ0) is 13.1. The summed E-state index contributed by atoms with van der Waals surface area (Å²) in [4.78, 5) is 0. The Hall–Kier alpha value is -2.16. The Balaban J connectivity index is 2.55. The molecule has 0 aliphatic heterocycles. The summed E-state index contributed by atoms with van der Waals surface area (Å²) in [6.45, 7) is 4.62. The molecular weight excluding hydrogens is 224 g/mol. The highest BCUT2D eigenvalue weighted by atomic mass is 16.5. The fraction of sp³-hybridized carbons (Fsp3) is 0.200. The van der Waals surface area contributed by atoms with E-state index < -0.39 is 0 Å². The molecule has 0 spiro atoms. The minimum atomic E-state index is 0.616. The van der Waals surface area contributed by atoms with Crippen molar-refractivity contribution in [1.82, 2.24) is 0 Å². The van der Waals surface area contributed by atoms with Gasteiger partial charge in [0.2, 0.25) is 0 Å². The van der Waals surface area contributed by atoms with Crippen LogP contribution < -0.4 is 16.2 Å². The first kappa shape index (κ1) is 12.3. The van der Waals surface area contributed by atoms with Crippen molar-refractivity contribution >= 4 is 11.4 Å². The Labute approximate surface area is 107 Å². The molecule has 0 aromatic heterocycles. The highest BCUT2D eigenvalue weighted by molar-refractivity contribution is 5.76. The zero-order valence-electron chi connectivity index (χ0n) is 10.7. The Kier molecular flexibility index (Phi) is 3.42. The Bertz CT molecular complexity index is 564. The summed E-state index contributed by atoms with van der Waals surface area (Å²) >= 11 is 0. The lowest BCUT2D eigenvalue weighted by Gasteiger charge is -2.13. The van der Waals surface area contributed by atoms with E-state index in [0.29, 0.717) is 12.3 Å². The molecule has 2 rings (SSSR count). The minimum Gasteiger partial charge on any atom is -0.493 e. The molecule has 94 valence electrons. The molecule has 4 N–H and O–H groups in total. The Morgan fingerprint density at radius 3 is 2.17 bits per heavy atom. The lowest BCUT2D eigenvalue weighted by molar-refractivity contribution is 0.342. The summed E-state index contributed by atoms with van der Waals surface area (Å²) in [6, 6.07) is 11.6. The summed E-state index contributed by atoms with van der Waals surface area (Å²) in [7, 11) is 0. The molecule has 2 aromatic rings. The number of nitrogen functional groups attached to an aromatic ring is 2. The van der Waals surface area contributed by atoms with Crippen molar-refractivity contribution in [3.63, 3.8) is 0 Å². The van der Waals surface area contributed by atoms with Crippen molar-refractivity contribution in [3.8, 4) is 16.9 Å². The summed E-state index contributed by atoms with van der Waals surface area (Å²) in [5.41, 5.74) is 16.3. The highest BCUT2D eigenvalue weighted by Crippen LogP contribution is 2.34. The van der Waals surface area contributed by atoms with Crippen molar-refractivity contribution in [2.24, 2.45) is 0 Å². The molecule has 0 radical (unpaired) electrons. The van der Waals surface area contributed by atoms with E-state index in [2.05, 4.69) is 0 Å². The third-order valence-electron chi connectivity index (χ3n) is 2.85. The van der Waals surface area contributed by atoms with Gasteiger partial charge in [-0.3, -0.25) is 0 Å². The monoisotopic (exact) mass is 242 g/mol. The maximum Gasteiger partial charge on any atom is 0.129 e. The van der Waals surface area contributed by atoms with Gasteiger partial charge in [-0.05, 0) is 49.2 Å². The van der Waals surface area contributed by atoms with Gasteiger partial charge in [0.25, 0.3) is 0 Å². The van der Waals surface area contributed by atoms with Crippen molar-refractivity contribution < 1.29 is 4.74 Å². The molecule has 0 bridgehead atoms. The second-order valence-corrected chi connectivity index (χ2v) is 4.26. The van der Waals surface area contributed by atoms with Crippen LogP contribution >= 0.6 is 0 Å². The average molecular weight is 242 g/mol. The van der Waals surface area contributed by atoms with Gasteiger partial charge in [-0.1, -0.05) is 6.07 Å². The fourth-order valence-corrected chi connectivity index (χ4v) is 2.03. The smallest absolute Gasteiger partial charge is 0.129 e. The standard InChI is InChI=1S/C15H18N2O/c1-3-18-15-9-12(17)5-7-14(15)13-6-4-11(16)8-10(13)2/h4-9H,3,16-17H2,1-2H3. The Morgan fingerprint density at radius 2 is 1.56 bits per heavy atom. The van der Waals surface area contributed by atoms with E-state index in [0.717, 1.165) is 28.1 Å². The predicted octanol–water partition coefficient (Wildman–Crippen LogP) is 3.23. The van der Waals surface area contributed by atoms with Gasteiger partial charge >= 0.3 is 0 Å². The van der Waals surface area contributed by atoms with Crippen LogP contribution in [0, 0.1) is 6.92 Å². The van der Waals surface area contributed by atoms with Gasteiger partial charge < -0.3 is 16.2 Å². The molecule has 0 heterocycles. The fourth-order valence-electron chi connectivity index (χ4n) is 2.03. The zero-order valence-corrected chi connectivity index (χ0v) is 10.7. The number of hydrogen-bond acceptors (Lipinski definition) is 3. The molecule has 3 nitrogen and oxygen atoms in total. The van der Waals surface area contributed by atoms with E-state index in [4.69, 9.17) is 16.2 Å². The van der Waals surface area contributed by atoms with Gasteiger partial charge in [-0.15, -0.1) is 0 Å². The van der Waals surface area contributed by atoms with Crippen LogP contribution in [0.3, 0.4) is 0 Å². The van der Waals surface area contributed by atoms with E-state index in [9.17, 15) is 0 Å². The summed E-state index contributed by atoms with van der Waals surface area (Å²) in [5.74, 6) is 0.811. The molecule has 0 saturated heterocycles. The minimum absolute atomic E-state index is 0.616. The van der Waals surface area contributed by atoms with Crippen molar-refractivity contribution in [3.05, 3.63) is 42.0 Å². The van der Waals surface area contributed by atoms with Crippen LogP contribution in [-0.2, 0) is 0 Å². The highest BCUT2D eigenvalue weighted by Gasteiger charge is 2.09. The molecule has 0 aliphatic carbocycles. The van der Waals surface area contributed by atoms with Crippen molar-refractivity contribution in [2.45, 2.75) is 13.8 Å². The lowest BCUT2D eigenvalue weighted by atomic mass is 9.99. The van der Waals surface area contributed by atoms with Crippen molar-refractivity contribution in [1.29, 1.82) is 0 Å². The van der Waals surface area contributed by atoms with Gasteiger partial charge in [-0.25, -0.2) is 0 Å². The third-order valence-corrected chi connectivity index (χ3v) is 2.85. The number of rotatable bonds is 3. The van der Waals surface area contributed by atoms with E-state index in [1.807, 2.05) is 50.2 Å². The summed E-state index contributed by atoms with van der Waals surface area (Å²) in [6.07, 6.45) is 0. The number of anilines is 2. The van der Waals surface area contributed by atoms with Crippen LogP contribution in [0.5, 0.6) is 5.75 Å². The Morgan fingerprint density at radius 1 is 0.944 bits per heavy atom. The van der Waals surface area contributed by atoms with Gasteiger partial charge in [0.1, 0.15) is 5.75 Å². The molecule has 0 fully saturated rings. The van der Waals surface area contributed by atoms with Crippen LogP contribution in [0.2, 0.25) is 0 Å². The number of aryl methyl sites for hydroxylation is 1. The first-order chi connectivity index (χ1) is 8.61. The lowest BCUT2D eigenvalue weighted by Crippen LogP contribution is -1.97. The van der Waals surface area contributed by atoms with Gasteiger partial charge in [-0.2, -0.15) is 0 Å². The first-order valence-electron chi connectivity index (χ1n) is 6.00. The molecule has 0 saturated carbocycles. The van der Waals surface area contributed by atoms with Crippen LogP contribution in [0.1, 0.15) is 12.5 Å². The van der Waals surface area contributed by atoms with E-state index in [-0.39, 0.29) is 0 Å². The molecule has 2 aromatic carbocycles. The second-order valence-electron chi connectivity index (χ2n) is 4.26. The van der Waals surface area contributed by atoms with Gasteiger partial charge in [0, 0.05) is 23.0 Å². The summed E-state index contributed by atoms with van der Waals surface area (Å²) < 4.78 is 5.65. The van der Waals surface area contributed by atoms with Gasteiger partial charge in [0.15, 0.2) is 0 Å². The largest absolute Gasteiger partial charge is 0.493 e. The molecule has 0 atom stereocenters. The van der Waals surface area contributed by atoms with E-state index >= 15 is 0 Å². The number of ether oxygens (including phenoxy) is 1. The second kappa shape index (κ2) is 5.00. The van der Waals surface area contributed by atoms with Gasteiger partial charge in [0.05, 0.1) is 6.61 Å². The molecule has 3 heteroatoms. The predicted molar refractivity (Wildman–Crippen MR) is 76.6 cm³/mol. The maximum atomic E-state index is 5.80. The molecular formula is C15H18N2O. The summed E-state index contributed by atoms with van der Waals surface area (Å²) in [5, 5.41) is 0. The molecule has 0 amide bonds. The SMILES string of the molecule is CCOc1cc(N)ccc1-c1ccc(N)cc1C. The topological polar surface area (TPSA) is 61.3 Å². The van der Waals surface area contributed by atoms with Crippen LogP contribution in [0.4, 0.5) is 11.4 Å². The van der Waals surface area contributed by atoms with Crippen LogP contribution in [0.25, 0.3) is 11.1 Å².